The molecule has 2 saturated heterocycles. The van der Waals surface area contributed by atoms with Crippen molar-refractivity contribution in [3.63, 3.8) is 0 Å². The number of ether oxygens (including phenoxy) is 1. The van der Waals surface area contributed by atoms with Crippen LogP contribution in [0.3, 0.4) is 0 Å². The number of carbonyl (C=O) groups excluding carboxylic acids is 2. The van der Waals surface area contributed by atoms with Crippen molar-refractivity contribution in [1.82, 2.24) is 20.9 Å². The van der Waals surface area contributed by atoms with Crippen LogP contribution in [0.15, 0.2) is 24.3 Å². The van der Waals surface area contributed by atoms with Crippen LogP contribution in [0.25, 0.3) is 0 Å². The van der Waals surface area contributed by atoms with E-state index in [1.54, 1.807) is 14.2 Å². The summed E-state index contributed by atoms with van der Waals surface area (Å²) in [5, 5.41) is 8.76. The highest BCUT2D eigenvalue weighted by atomic mass is 16.5. The van der Waals surface area contributed by atoms with Crippen LogP contribution in [0.2, 0.25) is 0 Å². The molecule has 7 nitrogen and oxygen atoms in total. The van der Waals surface area contributed by atoms with Gasteiger partial charge in [0.15, 0.2) is 0 Å². The van der Waals surface area contributed by atoms with E-state index >= 15 is 0 Å². The number of likely N-dealkylation sites (N-methyl/N-ethyl adjacent to an activating group) is 1. The molecule has 1 aromatic carbocycles. The quantitative estimate of drug-likeness (QED) is 0.694. The monoisotopic (exact) mass is 276 g/mol. The largest absolute Gasteiger partial charge is 0.497 e. The van der Waals surface area contributed by atoms with Crippen LogP contribution in [-0.4, -0.2) is 43.2 Å². The van der Waals surface area contributed by atoms with Gasteiger partial charge in [-0.05, 0) is 17.7 Å². The number of nitrogens with zero attached hydrogens (tertiary/aromatic N) is 1. The Bertz CT molecular complexity index is 545. The van der Waals surface area contributed by atoms with E-state index in [9.17, 15) is 9.59 Å². The molecule has 2 fully saturated rings. The summed E-state index contributed by atoms with van der Waals surface area (Å²) in [7, 11) is 3.27. The number of hydrogen-bond donors (Lipinski definition) is 3. The summed E-state index contributed by atoms with van der Waals surface area (Å²) in [5.74, 6) is 0.468. The zero-order valence-corrected chi connectivity index (χ0v) is 11.2. The Morgan fingerprint density at radius 1 is 1.15 bits per heavy atom. The normalized spacial score (nSPS) is 29.1. The molecule has 3 rings (SSSR count). The molecule has 20 heavy (non-hydrogen) atoms. The molecule has 3 N–H and O–H groups in total. The van der Waals surface area contributed by atoms with Crippen molar-refractivity contribution >= 4 is 11.9 Å². The number of fused-ring (bicyclic) bond motifs is 1. The van der Waals surface area contributed by atoms with Crippen LogP contribution < -0.4 is 20.7 Å². The summed E-state index contributed by atoms with van der Waals surface area (Å²) >= 11 is 0. The highest BCUT2D eigenvalue weighted by Gasteiger charge is 2.46. The first-order valence-corrected chi connectivity index (χ1v) is 6.34. The second kappa shape index (κ2) is 4.77. The summed E-state index contributed by atoms with van der Waals surface area (Å²) in [6.07, 6.45) is -0.529. The van der Waals surface area contributed by atoms with Crippen LogP contribution in [0, 0.1) is 0 Å². The Kier molecular flexibility index (Phi) is 3.07. The van der Waals surface area contributed by atoms with Gasteiger partial charge in [0.25, 0.3) is 0 Å². The van der Waals surface area contributed by atoms with Crippen LogP contribution >= 0.6 is 0 Å². The fourth-order valence-electron chi connectivity index (χ4n) is 2.53. The Balaban J connectivity index is 1.81. The second-order valence-electron chi connectivity index (χ2n) is 4.87. The lowest BCUT2D eigenvalue weighted by atomic mass is 10.1. The van der Waals surface area contributed by atoms with E-state index < -0.39 is 6.04 Å². The average molecular weight is 276 g/mol. The van der Waals surface area contributed by atoms with Crippen molar-refractivity contribution in [3.05, 3.63) is 29.8 Å². The predicted molar refractivity (Wildman–Crippen MR) is 70.9 cm³/mol. The number of nitrogens with one attached hydrogen (secondary N) is 3. The van der Waals surface area contributed by atoms with Crippen molar-refractivity contribution in [2.45, 2.75) is 18.4 Å². The van der Waals surface area contributed by atoms with E-state index in [0.29, 0.717) is 0 Å². The molecule has 1 aromatic rings. The van der Waals surface area contributed by atoms with E-state index in [1.165, 1.54) is 4.90 Å². The van der Waals surface area contributed by atoms with Gasteiger partial charge in [-0.2, -0.15) is 0 Å². The van der Waals surface area contributed by atoms with Crippen molar-refractivity contribution < 1.29 is 14.3 Å². The molecule has 2 heterocycles. The molecule has 0 aliphatic carbocycles. The van der Waals surface area contributed by atoms with E-state index in [2.05, 4.69) is 16.0 Å². The van der Waals surface area contributed by atoms with Crippen LogP contribution in [0.1, 0.15) is 11.7 Å². The zero-order valence-electron chi connectivity index (χ0n) is 11.2. The van der Waals surface area contributed by atoms with E-state index in [4.69, 9.17) is 4.74 Å². The van der Waals surface area contributed by atoms with Crippen molar-refractivity contribution in [1.29, 1.82) is 0 Å². The molecule has 2 aliphatic rings. The molecule has 0 spiro atoms. The minimum absolute atomic E-state index is 0.185. The van der Waals surface area contributed by atoms with Crippen molar-refractivity contribution in [2.24, 2.45) is 0 Å². The summed E-state index contributed by atoms with van der Waals surface area (Å²) in [6.45, 7) is 0. The SMILES string of the molecule is COc1ccc(C2NC3C(=O)NC(=O)N(C)C3N2)cc1. The van der Waals surface area contributed by atoms with E-state index in [-0.39, 0.29) is 24.3 Å². The summed E-state index contributed by atoms with van der Waals surface area (Å²) in [4.78, 5) is 24.9. The lowest BCUT2D eigenvalue weighted by Crippen LogP contribution is -2.64. The number of methoxy groups -OCH3 is 1. The minimum Gasteiger partial charge on any atom is -0.497 e. The third-order valence-corrected chi connectivity index (χ3v) is 3.70. The summed E-state index contributed by atoms with van der Waals surface area (Å²) < 4.78 is 5.12. The van der Waals surface area contributed by atoms with Crippen molar-refractivity contribution in [3.8, 4) is 5.75 Å². The first-order chi connectivity index (χ1) is 9.60. The molecule has 2 aliphatic heterocycles. The molecular weight excluding hydrogens is 260 g/mol. The van der Waals surface area contributed by atoms with E-state index in [1.807, 2.05) is 24.3 Å². The fourth-order valence-corrected chi connectivity index (χ4v) is 2.53. The van der Waals surface area contributed by atoms with Gasteiger partial charge in [-0.25, -0.2) is 4.79 Å². The third-order valence-electron chi connectivity index (χ3n) is 3.70. The number of urea groups is 1. The number of benzene rings is 1. The Morgan fingerprint density at radius 2 is 1.85 bits per heavy atom. The molecule has 0 bridgehead atoms. The number of carbonyl (C=O) groups is 2. The number of amides is 3. The fraction of sp³-hybridized carbons (Fsp3) is 0.385. The number of rotatable bonds is 2. The maximum absolute atomic E-state index is 11.8. The Hall–Kier alpha value is -2.12. The molecule has 7 heteroatoms. The van der Waals surface area contributed by atoms with Gasteiger partial charge in [-0.1, -0.05) is 12.1 Å². The van der Waals surface area contributed by atoms with Crippen LogP contribution in [0.4, 0.5) is 4.79 Å². The molecule has 3 amide bonds. The van der Waals surface area contributed by atoms with Gasteiger partial charge in [0.2, 0.25) is 5.91 Å². The average Bonchev–Trinajstić information content (AvgIpc) is 2.91. The molecule has 106 valence electrons. The first kappa shape index (κ1) is 12.9. The highest BCUT2D eigenvalue weighted by molar-refractivity contribution is 6.00. The molecule has 3 atom stereocenters. The highest BCUT2D eigenvalue weighted by Crippen LogP contribution is 2.23. The Morgan fingerprint density at radius 3 is 2.50 bits per heavy atom. The van der Waals surface area contributed by atoms with Gasteiger partial charge in [0.05, 0.1) is 13.3 Å². The lowest BCUT2D eigenvalue weighted by molar-refractivity contribution is -0.124. The van der Waals surface area contributed by atoms with Crippen molar-refractivity contribution in [2.75, 3.05) is 14.2 Å². The molecule has 0 aromatic heterocycles. The van der Waals surface area contributed by atoms with E-state index in [0.717, 1.165) is 11.3 Å². The minimum atomic E-state index is -0.454. The number of imide groups is 1. The molecule has 0 radical (unpaired) electrons. The molecular formula is C13H16N4O3. The topological polar surface area (TPSA) is 82.7 Å². The van der Waals surface area contributed by atoms with Crippen LogP contribution in [-0.2, 0) is 4.79 Å². The van der Waals surface area contributed by atoms with Gasteiger partial charge >= 0.3 is 6.03 Å². The van der Waals surface area contributed by atoms with Gasteiger partial charge < -0.3 is 9.64 Å². The molecule has 3 unspecified atom stereocenters. The van der Waals surface area contributed by atoms with Gasteiger partial charge in [-0.15, -0.1) is 0 Å². The zero-order chi connectivity index (χ0) is 14.3. The van der Waals surface area contributed by atoms with Gasteiger partial charge in [0, 0.05) is 7.05 Å². The van der Waals surface area contributed by atoms with Gasteiger partial charge in [0.1, 0.15) is 18.0 Å². The van der Waals surface area contributed by atoms with Gasteiger partial charge in [-0.3, -0.25) is 20.7 Å². The van der Waals surface area contributed by atoms with Crippen LogP contribution in [0.5, 0.6) is 5.75 Å². The first-order valence-electron chi connectivity index (χ1n) is 6.34. The second-order valence-corrected chi connectivity index (χ2v) is 4.87. The Labute approximate surface area is 116 Å². The molecule has 0 saturated carbocycles. The maximum Gasteiger partial charge on any atom is 0.325 e. The smallest absolute Gasteiger partial charge is 0.325 e. The third kappa shape index (κ3) is 2.00. The number of hydrogen-bond acceptors (Lipinski definition) is 5. The predicted octanol–water partition coefficient (Wildman–Crippen LogP) is -0.237. The standard InChI is InChI=1S/C13H16N4O3/c1-17-11-9(12(18)16-13(17)19)14-10(15-11)7-3-5-8(20-2)6-4-7/h3-6,9-11,14-15H,1-2H3,(H,16,18,19). The summed E-state index contributed by atoms with van der Waals surface area (Å²) in [6, 6.07) is 6.71. The lowest BCUT2D eigenvalue weighted by Gasteiger charge is -2.32. The summed E-state index contributed by atoms with van der Waals surface area (Å²) in [5.41, 5.74) is 0.980. The maximum atomic E-state index is 11.8.